The van der Waals surface area contributed by atoms with Crippen LogP contribution < -0.4 is 0 Å². The number of alkyl halides is 2. The molecule has 4 aliphatic carbocycles. The molecule has 30 heavy (non-hydrogen) atoms. The van der Waals surface area contributed by atoms with Crippen LogP contribution in [0.15, 0.2) is 22.8 Å². The van der Waals surface area contributed by atoms with Gasteiger partial charge in [0.25, 0.3) is 0 Å². The predicted octanol–water partition coefficient (Wildman–Crippen LogP) is 7.98. The first-order valence-corrected chi connectivity index (χ1v) is 14.3. The Bertz CT molecular complexity index is 635. The summed E-state index contributed by atoms with van der Waals surface area (Å²) in [6.07, 6.45) is 18.0. The molecule has 0 heterocycles. The van der Waals surface area contributed by atoms with Gasteiger partial charge in [-0.15, -0.1) is 0 Å². The van der Waals surface area contributed by atoms with Gasteiger partial charge in [-0.25, -0.2) is 0 Å². The van der Waals surface area contributed by atoms with E-state index in [1.165, 1.54) is 69.8 Å². The molecule has 0 bridgehead atoms. The fourth-order valence-corrected chi connectivity index (χ4v) is 6.68. The fraction of sp³-hybridized carbons (Fsp3) is 0.769. The van der Waals surface area contributed by atoms with Crippen LogP contribution in [-0.4, -0.2) is 22.7 Å². The molecule has 1 atom stereocenters. The zero-order chi connectivity index (χ0) is 22.1. The van der Waals surface area contributed by atoms with Crippen LogP contribution in [0.1, 0.15) is 91.4 Å². The van der Waals surface area contributed by atoms with Gasteiger partial charge < -0.3 is 4.79 Å². The molecule has 4 aliphatic rings. The minimum atomic E-state index is 0.313. The van der Waals surface area contributed by atoms with Crippen molar-refractivity contribution in [1.82, 2.24) is 0 Å². The number of carbonyl (C=O) groups excluding carboxylic acids is 2. The summed E-state index contributed by atoms with van der Waals surface area (Å²) in [5.41, 5.74) is 4.85. The minimum Gasteiger partial charge on any atom is -0.302 e. The van der Waals surface area contributed by atoms with Crippen molar-refractivity contribution >= 4 is 43.9 Å². The quantitative estimate of drug-likeness (QED) is 0.266. The van der Waals surface area contributed by atoms with Crippen LogP contribution in [0.5, 0.6) is 0 Å². The number of aldehydes is 1. The molecule has 0 amide bonds. The molecule has 1 spiro atoms. The summed E-state index contributed by atoms with van der Waals surface area (Å²) < 4.78 is 0. The van der Waals surface area contributed by atoms with E-state index >= 15 is 0 Å². The Hall–Kier alpha value is -0.220. The van der Waals surface area contributed by atoms with E-state index in [1.807, 2.05) is 13.8 Å². The van der Waals surface area contributed by atoms with E-state index in [2.05, 4.69) is 44.9 Å². The van der Waals surface area contributed by atoms with Gasteiger partial charge in [-0.1, -0.05) is 90.0 Å². The second-order valence-corrected chi connectivity index (χ2v) is 10.4. The standard InChI is InChI=1S/C22H31BrO.C2H3BrO.C2H6/c1-15-4-6-16(7-5-15)17-8-9-18(20(24)14-23)19-10-13-22(21(17)19)11-2-3-12-22;3-1-2-4;1-2/h9,15-17H,2-8,10-14H2,1H3;2H,1H2;1-2H3. The maximum atomic E-state index is 12.5. The van der Waals surface area contributed by atoms with Crippen LogP contribution in [0.4, 0.5) is 0 Å². The Labute approximate surface area is 201 Å². The lowest BCUT2D eigenvalue weighted by molar-refractivity contribution is -0.113. The maximum absolute atomic E-state index is 12.5. The summed E-state index contributed by atoms with van der Waals surface area (Å²) in [7, 11) is 0. The van der Waals surface area contributed by atoms with E-state index in [1.54, 1.807) is 5.57 Å². The number of Topliss-reactive ketones (excluding diaryl/α,β-unsaturated/α-hetero) is 1. The molecule has 2 fully saturated rings. The molecule has 1 unspecified atom stereocenters. The van der Waals surface area contributed by atoms with E-state index in [0.717, 1.165) is 36.0 Å². The molecular weight excluding hydrogens is 504 g/mol. The van der Waals surface area contributed by atoms with Crippen LogP contribution in [-0.2, 0) is 9.59 Å². The third-order valence-electron chi connectivity index (χ3n) is 7.70. The number of halogens is 2. The van der Waals surface area contributed by atoms with Crippen molar-refractivity contribution in [1.29, 1.82) is 0 Å². The molecule has 4 rings (SSSR count). The van der Waals surface area contributed by atoms with E-state index in [-0.39, 0.29) is 0 Å². The van der Waals surface area contributed by atoms with Gasteiger partial charge in [0, 0.05) is 5.57 Å². The first kappa shape index (κ1) is 26.0. The minimum absolute atomic E-state index is 0.313. The Morgan fingerprint density at radius 2 is 1.70 bits per heavy atom. The normalized spacial score (nSPS) is 29.2. The van der Waals surface area contributed by atoms with Crippen molar-refractivity contribution in [3.63, 3.8) is 0 Å². The molecule has 0 aromatic heterocycles. The van der Waals surface area contributed by atoms with E-state index in [0.29, 0.717) is 21.9 Å². The highest BCUT2D eigenvalue weighted by molar-refractivity contribution is 9.09. The Balaban J connectivity index is 0.000000481. The van der Waals surface area contributed by atoms with Gasteiger partial charge >= 0.3 is 0 Å². The monoisotopic (exact) mass is 542 g/mol. The first-order chi connectivity index (χ1) is 14.6. The average Bonchev–Trinajstić information content (AvgIpc) is 3.43. The molecule has 170 valence electrons. The first-order valence-electron chi connectivity index (χ1n) is 12.1. The van der Waals surface area contributed by atoms with Crippen molar-refractivity contribution in [2.24, 2.45) is 23.2 Å². The zero-order valence-corrected chi connectivity index (χ0v) is 22.3. The number of fused-ring (bicyclic) bond motifs is 1. The maximum Gasteiger partial charge on any atom is 0.173 e. The van der Waals surface area contributed by atoms with Crippen LogP contribution in [0, 0.1) is 23.2 Å². The highest BCUT2D eigenvalue weighted by Gasteiger charge is 2.49. The van der Waals surface area contributed by atoms with Crippen molar-refractivity contribution in [2.45, 2.75) is 91.4 Å². The number of rotatable bonds is 4. The molecule has 2 saturated carbocycles. The van der Waals surface area contributed by atoms with Crippen molar-refractivity contribution in [3.05, 3.63) is 22.8 Å². The zero-order valence-electron chi connectivity index (χ0n) is 19.2. The molecule has 0 N–H and O–H groups in total. The topological polar surface area (TPSA) is 34.1 Å². The number of hydrogen-bond donors (Lipinski definition) is 0. The average molecular weight is 544 g/mol. The largest absolute Gasteiger partial charge is 0.302 e. The van der Waals surface area contributed by atoms with Gasteiger partial charge in [-0.05, 0) is 73.7 Å². The van der Waals surface area contributed by atoms with Gasteiger partial charge in [0.15, 0.2) is 5.78 Å². The van der Waals surface area contributed by atoms with E-state index in [4.69, 9.17) is 4.79 Å². The summed E-state index contributed by atoms with van der Waals surface area (Å²) in [5, 5.41) is 0.932. The molecule has 0 aliphatic heterocycles. The summed E-state index contributed by atoms with van der Waals surface area (Å²) in [6.45, 7) is 6.42. The summed E-state index contributed by atoms with van der Waals surface area (Å²) >= 11 is 6.29. The SMILES string of the molecule is CC.CC1CCC(C2CC=C(C(=O)CBr)C3=C2C2(CCCC2)CC3)CC1.O=CCBr. The van der Waals surface area contributed by atoms with Gasteiger partial charge in [-0.3, -0.25) is 4.79 Å². The third kappa shape index (κ3) is 5.77. The van der Waals surface area contributed by atoms with Crippen molar-refractivity contribution in [2.75, 3.05) is 10.7 Å². The van der Waals surface area contributed by atoms with Crippen LogP contribution in [0.2, 0.25) is 0 Å². The third-order valence-corrected chi connectivity index (χ3v) is 8.47. The lowest BCUT2D eigenvalue weighted by Crippen LogP contribution is -2.31. The Morgan fingerprint density at radius 1 is 1.10 bits per heavy atom. The Kier molecular flexibility index (Phi) is 11.0. The Morgan fingerprint density at radius 3 is 2.23 bits per heavy atom. The van der Waals surface area contributed by atoms with E-state index < -0.39 is 0 Å². The number of hydrogen-bond acceptors (Lipinski definition) is 2. The smallest absolute Gasteiger partial charge is 0.173 e. The van der Waals surface area contributed by atoms with Crippen LogP contribution >= 0.6 is 31.9 Å². The second kappa shape index (κ2) is 12.7. The summed E-state index contributed by atoms with van der Waals surface area (Å²) in [4.78, 5) is 21.6. The second-order valence-electron chi connectivity index (χ2n) is 9.24. The number of ketones is 1. The highest BCUT2D eigenvalue weighted by Crippen LogP contribution is 2.61. The fourth-order valence-electron chi connectivity index (χ4n) is 6.38. The molecule has 0 aromatic carbocycles. The lowest BCUT2D eigenvalue weighted by Gasteiger charge is -2.41. The van der Waals surface area contributed by atoms with Gasteiger partial charge in [0.2, 0.25) is 0 Å². The van der Waals surface area contributed by atoms with Crippen molar-refractivity contribution < 1.29 is 9.59 Å². The van der Waals surface area contributed by atoms with Gasteiger partial charge in [0.05, 0.1) is 10.7 Å². The molecular formula is C26H40Br2O2. The van der Waals surface area contributed by atoms with Crippen molar-refractivity contribution in [3.8, 4) is 0 Å². The van der Waals surface area contributed by atoms with Gasteiger partial charge in [0.1, 0.15) is 6.29 Å². The number of carbonyl (C=O) groups is 2. The van der Waals surface area contributed by atoms with Crippen LogP contribution in [0.25, 0.3) is 0 Å². The molecule has 0 radical (unpaired) electrons. The summed E-state index contributed by atoms with van der Waals surface area (Å²) in [5.74, 6) is 2.86. The molecule has 2 nitrogen and oxygen atoms in total. The van der Waals surface area contributed by atoms with E-state index in [9.17, 15) is 4.79 Å². The molecule has 4 heteroatoms. The highest BCUT2D eigenvalue weighted by atomic mass is 79.9. The molecule has 0 aromatic rings. The number of allylic oxidation sites excluding steroid dienone is 4. The van der Waals surface area contributed by atoms with Gasteiger partial charge in [-0.2, -0.15) is 0 Å². The summed E-state index contributed by atoms with van der Waals surface area (Å²) in [6, 6.07) is 0. The molecule has 0 saturated heterocycles. The lowest BCUT2D eigenvalue weighted by atomic mass is 9.63. The van der Waals surface area contributed by atoms with Crippen LogP contribution in [0.3, 0.4) is 0 Å². The predicted molar refractivity (Wildman–Crippen MR) is 134 cm³/mol.